The Bertz CT molecular complexity index is 361. The Labute approximate surface area is 100 Å². The molecule has 0 aliphatic carbocycles. The fourth-order valence-electron chi connectivity index (χ4n) is 1.05. The first-order valence-corrected chi connectivity index (χ1v) is 5.38. The van der Waals surface area contributed by atoms with Crippen LogP contribution in [0.1, 0.15) is 38.8 Å². The monoisotopic (exact) mass is 214 g/mol. The van der Waals surface area contributed by atoms with Gasteiger partial charge < -0.3 is 0 Å². The van der Waals surface area contributed by atoms with Crippen molar-refractivity contribution in [1.82, 2.24) is 0 Å². The van der Waals surface area contributed by atoms with Crippen LogP contribution in [-0.2, 0) is 0 Å². The smallest absolute Gasteiger partial charge is 0.0227 e. The average Bonchev–Trinajstić information content (AvgIpc) is 2.17. The summed E-state index contributed by atoms with van der Waals surface area (Å²) in [6.07, 6.45) is 0. The number of hydrogen-bond acceptors (Lipinski definition) is 0. The molecule has 0 atom stereocenters. The molecule has 0 bridgehead atoms. The van der Waals surface area contributed by atoms with E-state index in [1.165, 1.54) is 16.7 Å². The maximum atomic E-state index is 3.90. The molecule has 0 aliphatic heterocycles. The molecule has 0 spiro atoms. The summed E-state index contributed by atoms with van der Waals surface area (Å²) < 4.78 is 0. The van der Waals surface area contributed by atoms with Crippen LogP contribution in [0.3, 0.4) is 0 Å². The van der Waals surface area contributed by atoms with Crippen LogP contribution >= 0.6 is 0 Å². The van der Waals surface area contributed by atoms with Crippen LogP contribution < -0.4 is 0 Å². The molecule has 0 saturated carbocycles. The second-order valence-corrected chi connectivity index (χ2v) is 4.35. The lowest BCUT2D eigenvalue weighted by Gasteiger charge is -2.03. The van der Waals surface area contributed by atoms with Crippen molar-refractivity contribution >= 4 is 11.1 Å². The van der Waals surface area contributed by atoms with E-state index in [0.717, 1.165) is 11.1 Å². The van der Waals surface area contributed by atoms with Crippen molar-refractivity contribution in [2.45, 2.75) is 27.7 Å². The molecular formula is C16H22. The third-order valence-electron chi connectivity index (χ3n) is 1.85. The molecule has 0 nitrogen and oxygen atoms in total. The molecule has 0 saturated heterocycles. The standard InChI is InChI=1S/C12H14.C4H8/c1-9(2)11-6-5-7-12(8-11)10(3)4;1-4(2)3/h5-8H,1,3H2,2,4H3;1H2,2-3H3. The molecule has 0 N–H and O–H groups in total. The van der Waals surface area contributed by atoms with Gasteiger partial charge in [0.05, 0.1) is 0 Å². The second-order valence-electron chi connectivity index (χ2n) is 4.35. The zero-order valence-electron chi connectivity index (χ0n) is 10.9. The molecule has 0 heterocycles. The van der Waals surface area contributed by atoms with Crippen molar-refractivity contribution < 1.29 is 0 Å². The lowest BCUT2D eigenvalue weighted by molar-refractivity contribution is 1.42. The van der Waals surface area contributed by atoms with Gasteiger partial charge in [0.15, 0.2) is 0 Å². The third kappa shape index (κ3) is 6.02. The van der Waals surface area contributed by atoms with Gasteiger partial charge in [-0.15, -0.1) is 6.58 Å². The Kier molecular flexibility index (Phi) is 6.17. The molecule has 1 rings (SSSR count). The van der Waals surface area contributed by atoms with E-state index in [1.54, 1.807) is 0 Å². The van der Waals surface area contributed by atoms with Crippen LogP contribution in [-0.4, -0.2) is 0 Å². The first-order valence-electron chi connectivity index (χ1n) is 5.38. The van der Waals surface area contributed by atoms with Crippen molar-refractivity contribution in [2.75, 3.05) is 0 Å². The predicted molar refractivity (Wildman–Crippen MR) is 76.3 cm³/mol. The van der Waals surface area contributed by atoms with Gasteiger partial charge in [-0.3, -0.25) is 0 Å². The minimum atomic E-state index is 1.10. The largest absolute Gasteiger partial charge is 0.100 e. The summed E-state index contributed by atoms with van der Waals surface area (Å²) in [5.41, 5.74) is 5.74. The molecule has 1 aromatic carbocycles. The Balaban J connectivity index is 0.000000487. The summed E-state index contributed by atoms with van der Waals surface area (Å²) in [5.74, 6) is 0. The minimum absolute atomic E-state index is 1.10. The van der Waals surface area contributed by atoms with E-state index in [9.17, 15) is 0 Å². The molecule has 0 aromatic heterocycles. The van der Waals surface area contributed by atoms with Gasteiger partial charge in [0.1, 0.15) is 0 Å². The van der Waals surface area contributed by atoms with E-state index in [-0.39, 0.29) is 0 Å². The van der Waals surface area contributed by atoms with Crippen molar-refractivity contribution in [3.63, 3.8) is 0 Å². The number of allylic oxidation sites excluding steroid dienone is 3. The molecule has 0 heteroatoms. The van der Waals surface area contributed by atoms with E-state index in [1.807, 2.05) is 33.8 Å². The molecule has 0 fully saturated rings. The number of rotatable bonds is 2. The van der Waals surface area contributed by atoms with Crippen LogP contribution in [0.5, 0.6) is 0 Å². The van der Waals surface area contributed by atoms with E-state index >= 15 is 0 Å². The molecule has 0 unspecified atom stereocenters. The minimum Gasteiger partial charge on any atom is -0.100 e. The van der Waals surface area contributed by atoms with E-state index in [0.29, 0.717) is 0 Å². The second kappa shape index (κ2) is 6.84. The summed E-state index contributed by atoms with van der Waals surface area (Å²) in [4.78, 5) is 0. The van der Waals surface area contributed by atoms with Gasteiger partial charge in [-0.25, -0.2) is 0 Å². The Morgan fingerprint density at radius 1 is 0.812 bits per heavy atom. The summed E-state index contributed by atoms with van der Waals surface area (Å²) >= 11 is 0. The van der Waals surface area contributed by atoms with Crippen LogP contribution in [0, 0.1) is 0 Å². The van der Waals surface area contributed by atoms with Crippen molar-refractivity contribution in [1.29, 1.82) is 0 Å². The van der Waals surface area contributed by atoms with Crippen molar-refractivity contribution in [2.24, 2.45) is 0 Å². The van der Waals surface area contributed by atoms with Gasteiger partial charge in [-0.05, 0) is 44.9 Å². The van der Waals surface area contributed by atoms with Gasteiger partial charge in [0.2, 0.25) is 0 Å². The fourth-order valence-corrected chi connectivity index (χ4v) is 1.05. The molecular weight excluding hydrogens is 192 g/mol. The first kappa shape index (κ1) is 14.4. The van der Waals surface area contributed by atoms with Gasteiger partial charge in [-0.1, -0.05) is 48.1 Å². The van der Waals surface area contributed by atoms with E-state index in [4.69, 9.17) is 0 Å². The average molecular weight is 214 g/mol. The Hall–Kier alpha value is -1.56. The van der Waals surface area contributed by atoms with E-state index in [2.05, 4.69) is 37.9 Å². The van der Waals surface area contributed by atoms with Gasteiger partial charge >= 0.3 is 0 Å². The quantitative estimate of drug-likeness (QED) is 0.583. The maximum Gasteiger partial charge on any atom is -0.0227 e. The highest BCUT2D eigenvalue weighted by molar-refractivity contribution is 5.68. The highest BCUT2D eigenvalue weighted by atomic mass is 14.0. The topological polar surface area (TPSA) is 0 Å². The number of benzene rings is 1. The fraction of sp³-hybridized carbons (Fsp3) is 0.250. The summed E-state index contributed by atoms with van der Waals surface area (Å²) in [7, 11) is 0. The van der Waals surface area contributed by atoms with Crippen LogP contribution in [0.25, 0.3) is 11.1 Å². The van der Waals surface area contributed by atoms with Crippen molar-refractivity contribution in [3.05, 3.63) is 60.7 Å². The first-order chi connectivity index (χ1) is 7.34. The normalized spacial score (nSPS) is 8.75. The zero-order chi connectivity index (χ0) is 12.7. The van der Waals surface area contributed by atoms with E-state index < -0.39 is 0 Å². The molecule has 16 heavy (non-hydrogen) atoms. The third-order valence-corrected chi connectivity index (χ3v) is 1.85. The summed E-state index contributed by atoms with van der Waals surface area (Å²) in [6.45, 7) is 19.3. The lowest BCUT2D eigenvalue weighted by atomic mass is 10.0. The molecule has 0 radical (unpaired) electrons. The zero-order valence-corrected chi connectivity index (χ0v) is 10.9. The van der Waals surface area contributed by atoms with Crippen molar-refractivity contribution in [3.8, 4) is 0 Å². The number of hydrogen-bond donors (Lipinski definition) is 0. The molecule has 0 aliphatic rings. The highest BCUT2D eigenvalue weighted by Gasteiger charge is 1.95. The summed E-state index contributed by atoms with van der Waals surface area (Å²) in [5, 5.41) is 0. The van der Waals surface area contributed by atoms with Gasteiger partial charge in [0.25, 0.3) is 0 Å². The van der Waals surface area contributed by atoms with Crippen LogP contribution in [0.4, 0.5) is 0 Å². The predicted octanol–water partition coefficient (Wildman–Crippen LogP) is 5.34. The van der Waals surface area contributed by atoms with Gasteiger partial charge in [0, 0.05) is 0 Å². The van der Waals surface area contributed by atoms with Gasteiger partial charge in [-0.2, -0.15) is 0 Å². The SMILES string of the molecule is C=C(C)C.C=C(C)c1cccc(C(=C)C)c1. The Morgan fingerprint density at radius 2 is 1.12 bits per heavy atom. The summed E-state index contributed by atoms with van der Waals surface area (Å²) in [6, 6.07) is 8.28. The molecule has 1 aromatic rings. The van der Waals surface area contributed by atoms with Crippen LogP contribution in [0.15, 0.2) is 49.6 Å². The lowest BCUT2D eigenvalue weighted by Crippen LogP contribution is -1.81. The molecule has 0 amide bonds. The Morgan fingerprint density at radius 3 is 1.38 bits per heavy atom. The maximum absolute atomic E-state index is 3.90. The highest BCUT2D eigenvalue weighted by Crippen LogP contribution is 2.17. The molecule has 86 valence electrons. The van der Waals surface area contributed by atoms with Crippen LogP contribution in [0.2, 0.25) is 0 Å².